The summed E-state index contributed by atoms with van der Waals surface area (Å²) in [5.41, 5.74) is 2.06. The maximum atomic E-state index is 6.26. The topological polar surface area (TPSA) is 12.0 Å². The van der Waals surface area contributed by atoms with Crippen LogP contribution in [0.1, 0.15) is 5.56 Å². The molecule has 0 radical (unpaired) electrons. The lowest BCUT2D eigenvalue weighted by Crippen LogP contribution is -2.01. The van der Waals surface area contributed by atoms with E-state index in [-0.39, 0.29) is 0 Å². The van der Waals surface area contributed by atoms with Gasteiger partial charge in [-0.05, 0) is 44.4 Å². The molecule has 1 nitrogen and oxygen atoms in total. The van der Waals surface area contributed by atoms with Crippen LogP contribution in [0.4, 0.5) is 5.69 Å². The highest BCUT2D eigenvalue weighted by atomic mass is 79.9. The van der Waals surface area contributed by atoms with Gasteiger partial charge in [0.2, 0.25) is 0 Å². The second-order valence-corrected chi connectivity index (χ2v) is 6.33. The fourth-order valence-corrected chi connectivity index (χ4v) is 3.14. The standard InChI is InChI=1S/C17H12BrCl2N/c18-14-8-9-15(17(20)16(14)19)21-10-12-6-3-5-11-4-1-2-7-13(11)12/h1-9,21H,10H2. The van der Waals surface area contributed by atoms with Crippen molar-refractivity contribution in [3.63, 3.8) is 0 Å². The van der Waals surface area contributed by atoms with Gasteiger partial charge in [0.15, 0.2) is 0 Å². The Kier molecular flexibility index (Phi) is 4.39. The third kappa shape index (κ3) is 3.03. The maximum Gasteiger partial charge on any atom is 0.0835 e. The van der Waals surface area contributed by atoms with Crippen LogP contribution in [-0.2, 0) is 6.54 Å². The van der Waals surface area contributed by atoms with Crippen LogP contribution < -0.4 is 5.32 Å². The molecule has 1 N–H and O–H groups in total. The SMILES string of the molecule is Clc1c(Br)ccc(NCc2cccc3ccccc23)c1Cl. The molecule has 0 fully saturated rings. The second-order valence-electron chi connectivity index (χ2n) is 4.71. The van der Waals surface area contributed by atoms with Gasteiger partial charge in [-0.2, -0.15) is 0 Å². The van der Waals surface area contributed by atoms with Crippen molar-refractivity contribution in [3.8, 4) is 0 Å². The van der Waals surface area contributed by atoms with E-state index in [1.165, 1.54) is 16.3 Å². The van der Waals surface area contributed by atoms with Crippen molar-refractivity contribution in [2.24, 2.45) is 0 Å². The zero-order valence-electron chi connectivity index (χ0n) is 11.0. The smallest absolute Gasteiger partial charge is 0.0835 e. The number of nitrogens with one attached hydrogen (secondary N) is 1. The Morgan fingerprint density at radius 2 is 1.62 bits per heavy atom. The molecule has 3 aromatic rings. The van der Waals surface area contributed by atoms with Crippen LogP contribution in [0.3, 0.4) is 0 Å². The molecular formula is C17H12BrCl2N. The van der Waals surface area contributed by atoms with Crippen LogP contribution >= 0.6 is 39.1 Å². The third-order valence-corrected chi connectivity index (χ3v) is 5.16. The van der Waals surface area contributed by atoms with Crippen LogP contribution in [-0.4, -0.2) is 0 Å². The number of fused-ring (bicyclic) bond motifs is 1. The van der Waals surface area contributed by atoms with E-state index in [9.17, 15) is 0 Å². The molecule has 0 aliphatic carbocycles. The van der Waals surface area contributed by atoms with Gasteiger partial charge in [0, 0.05) is 11.0 Å². The highest BCUT2D eigenvalue weighted by Crippen LogP contribution is 2.36. The highest BCUT2D eigenvalue weighted by molar-refractivity contribution is 9.10. The molecule has 0 heterocycles. The van der Waals surface area contributed by atoms with E-state index in [1.54, 1.807) is 0 Å². The van der Waals surface area contributed by atoms with Crippen molar-refractivity contribution in [3.05, 3.63) is 74.7 Å². The summed E-state index contributed by atoms with van der Waals surface area (Å²) in [5.74, 6) is 0. The third-order valence-electron chi connectivity index (χ3n) is 3.38. The Balaban J connectivity index is 1.89. The van der Waals surface area contributed by atoms with Gasteiger partial charge in [0.1, 0.15) is 0 Å². The Morgan fingerprint density at radius 3 is 2.48 bits per heavy atom. The summed E-state index contributed by atoms with van der Waals surface area (Å²) in [7, 11) is 0. The Morgan fingerprint density at radius 1 is 0.857 bits per heavy atom. The lowest BCUT2D eigenvalue weighted by molar-refractivity contribution is 1.17. The molecule has 0 amide bonds. The lowest BCUT2D eigenvalue weighted by atomic mass is 10.0. The number of hydrogen-bond acceptors (Lipinski definition) is 1. The molecule has 0 saturated heterocycles. The molecule has 3 rings (SSSR count). The second kappa shape index (κ2) is 6.27. The normalized spacial score (nSPS) is 10.8. The van der Waals surface area contributed by atoms with Crippen molar-refractivity contribution in [2.75, 3.05) is 5.32 Å². The van der Waals surface area contributed by atoms with Gasteiger partial charge < -0.3 is 5.32 Å². The first-order valence-corrected chi connectivity index (χ1v) is 8.06. The minimum atomic E-state index is 0.527. The molecule has 3 aromatic carbocycles. The number of halogens is 3. The highest BCUT2D eigenvalue weighted by Gasteiger charge is 2.08. The van der Waals surface area contributed by atoms with Gasteiger partial charge in [0.25, 0.3) is 0 Å². The zero-order valence-corrected chi connectivity index (χ0v) is 14.1. The average molecular weight is 381 g/mol. The summed E-state index contributed by atoms with van der Waals surface area (Å²) in [6, 6.07) is 18.4. The molecule has 106 valence electrons. The molecule has 0 unspecified atom stereocenters. The summed E-state index contributed by atoms with van der Waals surface area (Å²) in [6.45, 7) is 0.693. The number of benzene rings is 3. The first kappa shape index (κ1) is 14.7. The van der Waals surface area contributed by atoms with E-state index >= 15 is 0 Å². The predicted molar refractivity (Wildman–Crippen MR) is 95.4 cm³/mol. The fourth-order valence-electron chi connectivity index (χ4n) is 2.30. The van der Waals surface area contributed by atoms with Gasteiger partial charge in [-0.15, -0.1) is 0 Å². The average Bonchev–Trinajstić information content (AvgIpc) is 2.52. The Hall–Kier alpha value is -1.22. The summed E-state index contributed by atoms with van der Waals surface area (Å²) in [4.78, 5) is 0. The fraction of sp³-hybridized carbons (Fsp3) is 0.0588. The minimum Gasteiger partial charge on any atom is -0.380 e. The quantitative estimate of drug-likeness (QED) is 0.510. The molecule has 21 heavy (non-hydrogen) atoms. The van der Waals surface area contributed by atoms with Crippen molar-refractivity contribution in [1.29, 1.82) is 0 Å². The van der Waals surface area contributed by atoms with Gasteiger partial charge in [-0.3, -0.25) is 0 Å². The van der Waals surface area contributed by atoms with Gasteiger partial charge >= 0.3 is 0 Å². The van der Waals surface area contributed by atoms with Crippen LogP contribution in [0.15, 0.2) is 59.1 Å². The molecule has 0 aliphatic heterocycles. The van der Waals surface area contributed by atoms with Crippen molar-refractivity contribution >= 4 is 55.6 Å². The van der Waals surface area contributed by atoms with E-state index in [0.29, 0.717) is 16.6 Å². The number of hydrogen-bond donors (Lipinski definition) is 1. The molecule has 4 heteroatoms. The lowest BCUT2D eigenvalue weighted by Gasteiger charge is -2.12. The Bertz CT molecular complexity index is 797. The van der Waals surface area contributed by atoms with Crippen LogP contribution in [0.5, 0.6) is 0 Å². The predicted octanol–water partition coefficient (Wildman–Crippen LogP) is 6.52. The van der Waals surface area contributed by atoms with Crippen LogP contribution in [0.25, 0.3) is 10.8 Å². The summed E-state index contributed by atoms with van der Waals surface area (Å²) >= 11 is 15.8. The van der Waals surface area contributed by atoms with E-state index in [0.717, 1.165) is 10.2 Å². The molecule has 0 saturated carbocycles. The number of rotatable bonds is 3. The summed E-state index contributed by atoms with van der Waals surface area (Å²) < 4.78 is 0.796. The maximum absolute atomic E-state index is 6.26. The molecule has 0 aromatic heterocycles. The van der Waals surface area contributed by atoms with E-state index < -0.39 is 0 Å². The summed E-state index contributed by atoms with van der Waals surface area (Å²) in [6.07, 6.45) is 0. The first-order valence-electron chi connectivity index (χ1n) is 6.51. The van der Waals surface area contributed by atoms with E-state index in [2.05, 4.69) is 57.6 Å². The largest absolute Gasteiger partial charge is 0.380 e. The number of anilines is 1. The molecule has 0 atom stereocenters. The van der Waals surface area contributed by atoms with Crippen molar-refractivity contribution in [1.82, 2.24) is 0 Å². The molecule has 0 aliphatic rings. The molecule has 0 bridgehead atoms. The summed E-state index contributed by atoms with van der Waals surface area (Å²) in [5, 5.41) is 6.89. The Labute approximate surface area is 142 Å². The van der Waals surface area contributed by atoms with Crippen LogP contribution in [0, 0.1) is 0 Å². The van der Waals surface area contributed by atoms with Crippen molar-refractivity contribution < 1.29 is 0 Å². The molecular weight excluding hydrogens is 369 g/mol. The first-order chi connectivity index (χ1) is 10.2. The van der Waals surface area contributed by atoms with Crippen LogP contribution in [0.2, 0.25) is 10.0 Å². The van der Waals surface area contributed by atoms with E-state index in [1.807, 2.05) is 18.2 Å². The van der Waals surface area contributed by atoms with Gasteiger partial charge in [-0.25, -0.2) is 0 Å². The molecule has 0 spiro atoms. The van der Waals surface area contributed by atoms with Gasteiger partial charge in [-0.1, -0.05) is 65.7 Å². The minimum absolute atomic E-state index is 0.527. The van der Waals surface area contributed by atoms with E-state index in [4.69, 9.17) is 23.2 Å². The monoisotopic (exact) mass is 379 g/mol. The van der Waals surface area contributed by atoms with Crippen molar-refractivity contribution in [2.45, 2.75) is 6.54 Å². The van der Waals surface area contributed by atoms with Gasteiger partial charge in [0.05, 0.1) is 15.7 Å². The zero-order chi connectivity index (χ0) is 14.8.